The smallest absolute Gasteiger partial charge is 0.157 e. The van der Waals surface area contributed by atoms with Crippen molar-refractivity contribution >= 4 is 15.7 Å². The van der Waals surface area contributed by atoms with Crippen LogP contribution in [0.25, 0.3) is 0 Å². The molecule has 7 heteroatoms. The highest BCUT2D eigenvalue weighted by atomic mass is 32.2. The molecule has 0 fully saturated rings. The van der Waals surface area contributed by atoms with E-state index in [1.54, 1.807) is 27.1 Å². The normalized spacial score (nSPS) is 13.4. The monoisotopic (exact) mass is 259 g/mol. The number of nitrogens with zero attached hydrogens (tertiary/aromatic N) is 2. The van der Waals surface area contributed by atoms with Crippen molar-refractivity contribution in [1.82, 2.24) is 9.97 Å². The standard InChI is InChI=1S/C10H17N3O3S/c1-7(17(4,14)15)10-12-8(6-16-3)5-9(11-2)13-10/h5,7H,6H2,1-4H3,(H,11,12,13). The molecule has 0 saturated heterocycles. The number of nitrogens with one attached hydrogen (secondary N) is 1. The quantitative estimate of drug-likeness (QED) is 0.841. The van der Waals surface area contributed by atoms with Gasteiger partial charge >= 0.3 is 0 Å². The molecule has 0 spiro atoms. The molecule has 17 heavy (non-hydrogen) atoms. The van der Waals surface area contributed by atoms with Gasteiger partial charge in [-0.15, -0.1) is 0 Å². The van der Waals surface area contributed by atoms with E-state index in [1.165, 1.54) is 6.26 Å². The Morgan fingerprint density at radius 3 is 2.59 bits per heavy atom. The molecule has 1 aromatic heterocycles. The lowest BCUT2D eigenvalue weighted by molar-refractivity contribution is 0.181. The Labute approximate surface area is 101 Å². The molecule has 0 bridgehead atoms. The second-order valence-electron chi connectivity index (χ2n) is 3.76. The molecule has 1 unspecified atom stereocenters. The van der Waals surface area contributed by atoms with Crippen LogP contribution in [0.2, 0.25) is 0 Å². The minimum Gasteiger partial charge on any atom is -0.378 e. The van der Waals surface area contributed by atoms with Crippen LogP contribution >= 0.6 is 0 Å². The van der Waals surface area contributed by atoms with Crippen molar-refractivity contribution < 1.29 is 13.2 Å². The first kappa shape index (κ1) is 13.9. The van der Waals surface area contributed by atoms with Crippen molar-refractivity contribution in [1.29, 1.82) is 0 Å². The van der Waals surface area contributed by atoms with Crippen molar-refractivity contribution in [2.75, 3.05) is 25.7 Å². The summed E-state index contributed by atoms with van der Waals surface area (Å²) in [5.74, 6) is 0.865. The second-order valence-corrected chi connectivity index (χ2v) is 6.12. The number of hydrogen-bond acceptors (Lipinski definition) is 6. The first-order valence-corrected chi connectivity index (χ1v) is 7.07. The summed E-state index contributed by atoms with van der Waals surface area (Å²) in [5.41, 5.74) is 0.650. The molecule has 96 valence electrons. The molecule has 0 radical (unpaired) electrons. The van der Waals surface area contributed by atoms with Crippen molar-refractivity contribution in [2.45, 2.75) is 18.8 Å². The molecule has 6 nitrogen and oxygen atoms in total. The van der Waals surface area contributed by atoms with Crippen molar-refractivity contribution in [3.63, 3.8) is 0 Å². The van der Waals surface area contributed by atoms with Gasteiger partial charge in [-0.1, -0.05) is 0 Å². The predicted molar refractivity (Wildman–Crippen MR) is 65.6 cm³/mol. The zero-order valence-corrected chi connectivity index (χ0v) is 11.2. The molecule has 1 heterocycles. The molecule has 1 N–H and O–H groups in total. The highest BCUT2D eigenvalue weighted by molar-refractivity contribution is 7.90. The Balaban J connectivity index is 3.19. The molecule has 0 amide bonds. The number of aromatic nitrogens is 2. The molecule has 1 aromatic rings. The van der Waals surface area contributed by atoms with E-state index in [1.807, 2.05) is 0 Å². The summed E-state index contributed by atoms with van der Waals surface area (Å²) in [4.78, 5) is 8.33. The highest BCUT2D eigenvalue weighted by Crippen LogP contribution is 2.19. The molecule has 1 rings (SSSR count). The number of sulfone groups is 1. The zero-order valence-electron chi connectivity index (χ0n) is 10.4. The van der Waals surface area contributed by atoms with Crippen molar-refractivity contribution in [2.24, 2.45) is 0 Å². The van der Waals surface area contributed by atoms with Gasteiger partial charge < -0.3 is 10.1 Å². The van der Waals surface area contributed by atoms with Gasteiger partial charge in [0.05, 0.1) is 12.3 Å². The molecular formula is C10H17N3O3S. The van der Waals surface area contributed by atoms with Crippen LogP contribution in [-0.2, 0) is 21.2 Å². The number of hydrogen-bond donors (Lipinski definition) is 1. The summed E-state index contributed by atoms with van der Waals surface area (Å²) in [7, 11) is 0.0663. The molecular weight excluding hydrogens is 242 g/mol. The van der Waals surface area contributed by atoms with Crippen LogP contribution in [0.5, 0.6) is 0 Å². The van der Waals surface area contributed by atoms with Gasteiger partial charge in [-0.25, -0.2) is 18.4 Å². The van der Waals surface area contributed by atoms with Gasteiger partial charge in [0.1, 0.15) is 16.9 Å². The van der Waals surface area contributed by atoms with E-state index in [0.717, 1.165) is 0 Å². The van der Waals surface area contributed by atoms with Gasteiger partial charge in [0.2, 0.25) is 0 Å². The van der Waals surface area contributed by atoms with Gasteiger partial charge in [0.15, 0.2) is 9.84 Å². The third-order valence-corrected chi connectivity index (χ3v) is 3.85. The van der Waals surface area contributed by atoms with Gasteiger partial charge in [0.25, 0.3) is 0 Å². The summed E-state index contributed by atoms with van der Waals surface area (Å²) < 4.78 is 27.9. The number of ether oxygens (including phenoxy) is 1. The van der Waals surface area contributed by atoms with Crippen LogP contribution in [0.3, 0.4) is 0 Å². The molecule has 0 aliphatic heterocycles. The number of methoxy groups -OCH3 is 1. The van der Waals surface area contributed by atoms with E-state index in [-0.39, 0.29) is 5.82 Å². The van der Waals surface area contributed by atoms with Crippen LogP contribution in [0.1, 0.15) is 23.7 Å². The van der Waals surface area contributed by atoms with Gasteiger partial charge in [0, 0.05) is 26.5 Å². The van der Waals surface area contributed by atoms with E-state index in [9.17, 15) is 8.42 Å². The fourth-order valence-electron chi connectivity index (χ4n) is 1.24. The minimum atomic E-state index is -3.21. The van der Waals surface area contributed by atoms with E-state index < -0.39 is 15.1 Å². The summed E-state index contributed by atoms with van der Waals surface area (Å²) in [6.07, 6.45) is 1.17. The number of rotatable bonds is 5. The molecule has 0 aliphatic carbocycles. The average molecular weight is 259 g/mol. The average Bonchev–Trinajstić information content (AvgIpc) is 2.26. The van der Waals surface area contributed by atoms with Crippen molar-refractivity contribution in [3.05, 3.63) is 17.6 Å². The van der Waals surface area contributed by atoms with Crippen LogP contribution in [-0.4, -0.2) is 38.8 Å². The Kier molecular flexibility index (Phi) is 4.41. The fraction of sp³-hybridized carbons (Fsp3) is 0.600. The van der Waals surface area contributed by atoms with Gasteiger partial charge in [-0.05, 0) is 6.92 Å². The summed E-state index contributed by atoms with van der Waals surface area (Å²) in [6, 6.07) is 1.72. The largest absolute Gasteiger partial charge is 0.378 e. The minimum absolute atomic E-state index is 0.284. The van der Waals surface area contributed by atoms with Crippen LogP contribution < -0.4 is 5.32 Å². The molecule has 1 atom stereocenters. The maximum Gasteiger partial charge on any atom is 0.157 e. The topological polar surface area (TPSA) is 81.2 Å². The number of anilines is 1. The lowest BCUT2D eigenvalue weighted by Crippen LogP contribution is -2.14. The van der Waals surface area contributed by atoms with Crippen molar-refractivity contribution in [3.8, 4) is 0 Å². The van der Waals surface area contributed by atoms with Gasteiger partial charge in [-0.3, -0.25) is 0 Å². The Morgan fingerprint density at radius 2 is 2.12 bits per heavy atom. The highest BCUT2D eigenvalue weighted by Gasteiger charge is 2.21. The first-order valence-electron chi connectivity index (χ1n) is 5.12. The first-order chi connectivity index (χ1) is 7.88. The SMILES string of the molecule is CNc1cc(COC)nc(C(C)S(C)(=O)=O)n1. The fourth-order valence-corrected chi connectivity index (χ4v) is 1.73. The van der Waals surface area contributed by atoms with E-state index in [2.05, 4.69) is 15.3 Å². The Morgan fingerprint density at radius 1 is 1.47 bits per heavy atom. The summed E-state index contributed by atoms with van der Waals surface area (Å²) >= 11 is 0. The maximum absolute atomic E-state index is 11.5. The lowest BCUT2D eigenvalue weighted by Gasteiger charge is -2.11. The van der Waals surface area contributed by atoms with Crippen LogP contribution in [0.4, 0.5) is 5.82 Å². The third-order valence-electron chi connectivity index (χ3n) is 2.35. The van der Waals surface area contributed by atoms with E-state index >= 15 is 0 Å². The van der Waals surface area contributed by atoms with Crippen LogP contribution in [0, 0.1) is 0 Å². The molecule has 0 saturated carbocycles. The maximum atomic E-state index is 11.5. The Hall–Kier alpha value is -1.21. The Bertz CT molecular complexity index is 488. The van der Waals surface area contributed by atoms with E-state index in [0.29, 0.717) is 18.1 Å². The second kappa shape index (κ2) is 5.42. The molecule has 0 aliphatic rings. The summed E-state index contributed by atoms with van der Waals surface area (Å²) in [5, 5.41) is 2.14. The zero-order chi connectivity index (χ0) is 13.1. The summed E-state index contributed by atoms with van der Waals surface area (Å²) in [6.45, 7) is 1.89. The third kappa shape index (κ3) is 3.64. The van der Waals surface area contributed by atoms with Crippen LogP contribution in [0.15, 0.2) is 6.07 Å². The van der Waals surface area contributed by atoms with Gasteiger partial charge in [-0.2, -0.15) is 0 Å². The molecule has 0 aromatic carbocycles. The predicted octanol–water partition coefficient (Wildman–Crippen LogP) is 0.770. The van der Waals surface area contributed by atoms with E-state index in [4.69, 9.17) is 4.74 Å². The lowest BCUT2D eigenvalue weighted by atomic mass is 10.3.